The minimum Gasteiger partial charge on any atom is -0.417 e. The Balaban J connectivity index is 2.42. The summed E-state index contributed by atoms with van der Waals surface area (Å²) < 4.78 is 34.9. The van der Waals surface area contributed by atoms with Crippen LogP contribution in [0.5, 0.6) is 0 Å². The first-order chi connectivity index (χ1) is 15.3. The summed E-state index contributed by atoms with van der Waals surface area (Å²) in [6.07, 6.45) is 0. The third-order valence-corrected chi connectivity index (χ3v) is 8.74. The molecule has 2 rings (SSSR count). The lowest BCUT2D eigenvalue weighted by atomic mass is 9.64. The second kappa shape index (κ2) is 10.2. The summed E-state index contributed by atoms with van der Waals surface area (Å²) in [4.78, 5) is 26.3. The fourth-order valence-electron chi connectivity index (χ4n) is 4.37. The van der Waals surface area contributed by atoms with Crippen molar-refractivity contribution in [1.29, 1.82) is 0 Å². The standard InChI is InChI=1S/C25H41N2O5SSi/c1-15-11-12-19(33(30,31)27-25(6,7)8)17(13-15)22(28)16(2)21-20(23(29)26-21)18(24(3,4)5)14-32-34(9)10/h11-13,16,18,20-21,27H,14H2,1-10H3,(H,26,29)/t16-,18-,20+,21-/m1/s1. The second-order valence-electron chi connectivity index (χ2n) is 11.8. The maximum absolute atomic E-state index is 13.7. The van der Waals surface area contributed by atoms with Crippen LogP contribution in [0.2, 0.25) is 13.1 Å². The molecule has 0 spiro atoms. The average molecular weight is 510 g/mol. The number of hydrogen-bond acceptors (Lipinski definition) is 5. The van der Waals surface area contributed by atoms with Crippen molar-refractivity contribution in [2.45, 2.75) is 85.0 Å². The number of amides is 1. The first-order valence-corrected chi connectivity index (χ1v) is 15.7. The molecule has 34 heavy (non-hydrogen) atoms. The van der Waals surface area contributed by atoms with Crippen LogP contribution in [-0.2, 0) is 19.2 Å². The van der Waals surface area contributed by atoms with Crippen LogP contribution in [0.3, 0.4) is 0 Å². The molecule has 0 unspecified atom stereocenters. The highest BCUT2D eigenvalue weighted by Gasteiger charge is 2.52. The number of hydrogen-bond donors (Lipinski definition) is 2. The fourth-order valence-corrected chi connectivity index (χ4v) is 6.50. The van der Waals surface area contributed by atoms with Crippen molar-refractivity contribution >= 4 is 30.8 Å². The molecule has 4 atom stereocenters. The van der Waals surface area contributed by atoms with E-state index >= 15 is 0 Å². The van der Waals surface area contributed by atoms with Crippen LogP contribution in [0.25, 0.3) is 0 Å². The highest BCUT2D eigenvalue weighted by atomic mass is 32.2. The lowest BCUT2D eigenvalue weighted by molar-refractivity contribution is -0.143. The maximum atomic E-state index is 13.7. The largest absolute Gasteiger partial charge is 0.417 e. The molecule has 1 aliphatic heterocycles. The molecule has 0 bridgehead atoms. The molecule has 0 saturated carbocycles. The van der Waals surface area contributed by atoms with Crippen LogP contribution in [0.15, 0.2) is 23.1 Å². The zero-order valence-corrected chi connectivity index (χ0v) is 24.0. The molecule has 1 heterocycles. The number of rotatable bonds is 9. The number of β-lactam (4-membered cyclic amide) rings is 1. The fraction of sp³-hybridized carbons (Fsp3) is 0.680. The van der Waals surface area contributed by atoms with E-state index in [9.17, 15) is 18.0 Å². The van der Waals surface area contributed by atoms with E-state index in [2.05, 4.69) is 43.9 Å². The molecular formula is C25H41N2O5SSi. The van der Waals surface area contributed by atoms with E-state index in [1.54, 1.807) is 39.8 Å². The Hall–Kier alpha value is -1.55. The first-order valence-electron chi connectivity index (χ1n) is 11.8. The maximum Gasteiger partial charge on any atom is 0.241 e. The van der Waals surface area contributed by atoms with Crippen LogP contribution in [-0.4, -0.2) is 47.3 Å². The molecule has 7 nitrogen and oxygen atoms in total. The lowest BCUT2D eigenvalue weighted by Crippen LogP contribution is -2.66. The molecule has 1 fully saturated rings. The van der Waals surface area contributed by atoms with Crippen molar-refractivity contribution in [3.8, 4) is 0 Å². The molecule has 9 heteroatoms. The van der Waals surface area contributed by atoms with Crippen LogP contribution in [0.4, 0.5) is 0 Å². The third-order valence-electron chi connectivity index (χ3n) is 6.18. The van der Waals surface area contributed by atoms with Crippen molar-refractivity contribution < 1.29 is 22.4 Å². The molecule has 2 N–H and O–H groups in total. The quantitative estimate of drug-likeness (QED) is 0.298. The number of aryl methyl sites for hydroxylation is 1. The van der Waals surface area contributed by atoms with Gasteiger partial charge in [-0.2, -0.15) is 0 Å². The smallest absolute Gasteiger partial charge is 0.241 e. The number of carbonyl (C=O) groups excluding carboxylic acids is 2. The Morgan fingerprint density at radius 1 is 1.18 bits per heavy atom. The molecule has 1 amide bonds. The number of nitrogens with one attached hydrogen (secondary N) is 2. The topological polar surface area (TPSA) is 102 Å². The summed E-state index contributed by atoms with van der Waals surface area (Å²) >= 11 is 0. The molecular weight excluding hydrogens is 468 g/mol. The SMILES string of the molecule is Cc1ccc(S(=O)(=O)NC(C)(C)C)c(C(=O)[C@H](C)[C@H]2NC(=O)[C@H]2[C@@H](CO[Si](C)C)C(C)(C)C)c1. The lowest BCUT2D eigenvalue weighted by Gasteiger charge is -2.48. The average Bonchev–Trinajstić information content (AvgIpc) is 2.64. The van der Waals surface area contributed by atoms with Gasteiger partial charge in [-0.15, -0.1) is 0 Å². The van der Waals surface area contributed by atoms with Gasteiger partial charge in [0.05, 0.1) is 16.9 Å². The summed E-state index contributed by atoms with van der Waals surface area (Å²) in [7, 11) is -4.85. The Bertz CT molecular complexity index is 1020. The highest BCUT2D eigenvalue weighted by molar-refractivity contribution is 7.89. The minimum atomic E-state index is -3.92. The molecule has 1 aromatic carbocycles. The Morgan fingerprint density at radius 2 is 1.76 bits per heavy atom. The third kappa shape index (κ3) is 6.77. The predicted octanol–water partition coefficient (Wildman–Crippen LogP) is 3.94. The van der Waals surface area contributed by atoms with Gasteiger partial charge in [0.1, 0.15) is 0 Å². The molecule has 1 aromatic rings. The monoisotopic (exact) mass is 509 g/mol. The van der Waals surface area contributed by atoms with Crippen LogP contribution >= 0.6 is 0 Å². The van der Waals surface area contributed by atoms with Crippen LogP contribution < -0.4 is 10.0 Å². The van der Waals surface area contributed by atoms with E-state index in [1.807, 2.05) is 6.92 Å². The molecule has 0 aromatic heterocycles. The van der Waals surface area contributed by atoms with Gasteiger partial charge >= 0.3 is 0 Å². The second-order valence-corrected chi connectivity index (χ2v) is 15.5. The van der Waals surface area contributed by atoms with Gasteiger partial charge in [0, 0.05) is 23.6 Å². The molecule has 1 saturated heterocycles. The van der Waals surface area contributed by atoms with Gasteiger partial charge in [0.25, 0.3) is 0 Å². The van der Waals surface area contributed by atoms with Crippen molar-refractivity contribution in [3.63, 3.8) is 0 Å². The van der Waals surface area contributed by atoms with Gasteiger partial charge in [0.2, 0.25) is 25.0 Å². The number of benzene rings is 1. The summed E-state index contributed by atoms with van der Waals surface area (Å²) in [6.45, 7) is 19.7. The zero-order valence-electron chi connectivity index (χ0n) is 22.2. The Labute approximate surface area is 207 Å². The molecule has 1 aliphatic rings. The molecule has 191 valence electrons. The van der Waals surface area contributed by atoms with E-state index in [1.165, 1.54) is 6.07 Å². The van der Waals surface area contributed by atoms with Crippen molar-refractivity contribution in [2.24, 2.45) is 23.2 Å². The van der Waals surface area contributed by atoms with Gasteiger partial charge in [-0.3, -0.25) is 9.59 Å². The van der Waals surface area contributed by atoms with Gasteiger partial charge in [-0.25, -0.2) is 13.1 Å². The Kier molecular flexibility index (Phi) is 8.61. The number of carbonyl (C=O) groups is 2. The summed E-state index contributed by atoms with van der Waals surface area (Å²) in [6, 6.07) is 4.41. The minimum absolute atomic E-state index is 0.0352. The zero-order chi connectivity index (χ0) is 26.2. The van der Waals surface area contributed by atoms with Crippen LogP contribution in [0, 0.1) is 30.1 Å². The van der Waals surface area contributed by atoms with Gasteiger partial charge in [-0.05, 0) is 64.3 Å². The van der Waals surface area contributed by atoms with E-state index < -0.39 is 30.5 Å². The predicted molar refractivity (Wildman–Crippen MR) is 137 cm³/mol. The van der Waals surface area contributed by atoms with Gasteiger partial charge in [0.15, 0.2) is 5.78 Å². The number of ketones is 1. The summed E-state index contributed by atoms with van der Waals surface area (Å²) in [5.41, 5.74) is 0.0535. The van der Waals surface area contributed by atoms with Crippen molar-refractivity contribution in [2.75, 3.05) is 6.61 Å². The molecule has 1 radical (unpaired) electrons. The first kappa shape index (κ1) is 28.7. The highest BCUT2D eigenvalue weighted by Crippen LogP contribution is 2.41. The summed E-state index contributed by atoms with van der Waals surface area (Å²) in [5.74, 6) is -1.41. The Morgan fingerprint density at radius 3 is 2.24 bits per heavy atom. The van der Waals surface area contributed by atoms with E-state index in [0.29, 0.717) is 6.61 Å². The van der Waals surface area contributed by atoms with Gasteiger partial charge < -0.3 is 9.74 Å². The molecule has 0 aliphatic carbocycles. The summed E-state index contributed by atoms with van der Waals surface area (Å²) in [5, 5.41) is 2.92. The van der Waals surface area contributed by atoms with Crippen molar-refractivity contribution in [3.05, 3.63) is 29.3 Å². The van der Waals surface area contributed by atoms with E-state index in [0.717, 1.165) is 5.56 Å². The van der Waals surface area contributed by atoms with E-state index in [4.69, 9.17) is 4.43 Å². The number of sulfonamides is 1. The normalized spacial score (nSPS) is 21.1. The van der Waals surface area contributed by atoms with Gasteiger partial charge in [-0.1, -0.05) is 39.3 Å². The van der Waals surface area contributed by atoms with Crippen LogP contribution in [0.1, 0.15) is 64.4 Å². The number of Topliss-reactive ketones (excluding diaryl/α,β-unsaturated/α-hetero) is 1. The van der Waals surface area contributed by atoms with Crippen molar-refractivity contribution in [1.82, 2.24) is 10.0 Å². The van der Waals surface area contributed by atoms with E-state index in [-0.39, 0.29) is 45.4 Å².